The summed E-state index contributed by atoms with van der Waals surface area (Å²) < 4.78 is 35.9. The van der Waals surface area contributed by atoms with E-state index in [2.05, 4.69) is 10.0 Å². The van der Waals surface area contributed by atoms with Crippen LogP contribution >= 0.6 is 11.6 Å². The Bertz CT molecular complexity index is 609. The quantitative estimate of drug-likeness (QED) is 0.883. The van der Waals surface area contributed by atoms with E-state index in [9.17, 15) is 8.42 Å². The second-order valence-electron chi connectivity index (χ2n) is 5.43. The lowest BCUT2D eigenvalue weighted by atomic mass is 10.2. The Morgan fingerprint density at radius 1 is 1.29 bits per heavy atom. The summed E-state index contributed by atoms with van der Waals surface area (Å²) in [6.07, 6.45) is 1.08. The van der Waals surface area contributed by atoms with Crippen molar-refractivity contribution in [3.63, 3.8) is 0 Å². The Hall–Kier alpha value is -1.02. The summed E-state index contributed by atoms with van der Waals surface area (Å²) in [6.45, 7) is 4.78. The smallest absolute Gasteiger partial charge is 0.229 e. The van der Waals surface area contributed by atoms with Crippen LogP contribution in [0.2, 0.25) is 5.02 Å². The number of ether oxygens (including phenoxy) is 2. The first-order valence-electron chi connectivity index (χ1n) is 6.46. The van der Waals surface area contributed by atoms with Crippen molar-refractivity contribution in [1.82, 2.24) is 0 Å². The zero-order valence-corrected chi connectivity index (χ0v) is 13.7. The summed E-state index contributed by atoms with van der Waals surface area (Å²) in [6, 6.07) is 5.04. The molecule has 0 radical (unpaired) electrons. The van der Waals surface area contributed by atoms with E-state index >= 15 is 0 Å². The number of hydrogen-bond acceptors (Lipinski definition) is 5. The lowest BCUT2D eigenvalue weighted by molar-refractivity contribution is -0.247. The van der Waals surface area contributed by atoms with E-state index in [-0.39, 0.29) is 6.04 Å². The van der Waals surface area contributed by atoms with Gasteiger partial charge in [-0.2, -0.15) is 0 Å². The van der Waals surface area contributed by atoms with Gasteiger partial charge in [-0.3, -0.25) is 4.72 Å². The minimum atomic E-state index is -3.35. The highest BCUT2D eigenvalue weighted by Gasteiger charge is 2.28. The van der Waals surface area contributed by atoms with Crippen molar-refractivity contribution in [1.29, 1.82) is 0 Å². The minimum Gasteiger partial charge on any atom is -0.378 e. The molecule has 0 saturated carbocycles. The Balaban J connectivity index is 2.01. The lowest BCUT2D eigenvalue weighted by Crippen LogP contribution is -2.45. The van der Waals surface area contributed by atoms with Crippen LogP contribution in [0.25, 0.3) is 0 Å². The molecule has 0 amide bonds. The minimum absolute atomic E-state index is 0.0165. The van der Waals surface area contributed by atoms with E-state index in [1.807, 2.05) is 13.8 Å². The molecule has 0 atom stereocenters. The lowest BCUT2D eigenvalue weighted by Gasteiger charge is -2.35. The maximum absolute atomic E-state index is 11.2. The van der Waals surface area contributed by atoms with Gasteiger partial charge in [0, 0.05) is 5.69 Å². The molecule has 8 heteroatoms. The molecule has 0 bridgehead atoms. The van der Waals surface area contributed by atoms with Crippen LogP contribution in [0.1, 0.15) is 13.8 Å². The van der Waals surface area contributed by atoms with Crippen LogP contribution in [0.15, 0.2) is 18.2 Å². The molecule has 2 rings (SSSR count). The number of nitrogens with one attached hydrogen (secondary N) is 2. The second-order valence-corrected chi connectivity index (χ2v) is 7.59. The summed E-state index contributed by atoms with van der Waals surface area (Å²) in [5, 5.41) is 3.56. The maximum atomic E-state index is 11.2. The predicted molar refractivity (Wildman–Crippen MR) is 83.3 cm³/mol. The molecule has 0 aliphatic carbocycles. The van der Waals surface area contributed by atoms with E-state index in [1.54, 1.807) is 18.2 Å². The van der Waals surface area contributed by atoms with Gasteiger partial charge < -0.3 is 14.8 Å². The Kier molecular flexibility index (Phi) is 4.67. The Morgan fingerprint density at radius 3 is 2.43 bits per heavy atom. The van der Waals surface area contributed by atoms with E-state index in [1.165, 1.54) is 0 Å². The number of halogens is 1. The van der Waals surface area contributed by atoms with Crippen LogP contribution in [-0.2, 0) is 19.5 Å². The first-order valence-corrected chi connectivity index (χ1v) is 8.73. The summed E-state index contributed by atoms with van der Waals surface area (Å²) in [4.78, 5) is 0. The van der Waals surface area contributed by atoms with E-state index in [0.717, 1.165) is 11.9 Å². The Morgan fingerprint density at radius 2 is 1.90 bits per heavy atom. The number of benzene rings is 1. The van der Waals surface area contributed by atoms with Crippen molar-refractivity contribution in [3.05, 3.63) is 23.2 Å². The average molecular weight is 335 g/mol. The van der Waals surface area contributed by atoms with Crippen molar-refractivity contribution >= 4 is 33.0 Å². The molecule has 1 aromatic rings. The third-order valence-electron chi connectivity index (χ3n) is 2.90. The standard InChI is InChI=1S/C13H19ClN2O4S/c1-13(2)19-7-10(8-20-13)15-9-4-5-12(11(14)6-9)16-21(3,17)18/h4-6,10,15-16H,7-8H2,1-3H3. The molecule has 1 saturated heterocycles. The van der Waals surface area contributed by atoms with Crippen LogP contribution in [0.3, 0.4) is 0 Å². The fourth-order valence-electron chi connectivity index (χ4n) is 1.90. The van der Waals surface area contributed by atoms with Crippen molar-refractivity contribution in [2.75, 3.05) is 29.5 Å². The molecule has 1 heterocycles. The fraction of sp³-hybridized carbons (Fsp3) is 0.538. The highest BCUT2D eigenvalue weighted by molar-refractivity contribution is 7.92. The Labute approximate surface area is 129 Å². The van der Waals surface area contributed by atoms with Crippen molar-refractivity contribution in [3.8, 4) is 0 Å². The van der Waals surface area contributed by atoms with Gasteiger partial charge >= 0.3 is 0 Å². The van der Waals surface area contributed by atoms with Crippen molar-refractivity contribution in [2.45, 2.75) is 25.7 Å². The molecule has 1 aliphatic heterocycles. The summed E-state index contributed by atoms with van der Waals surface area (Å²) in [5.41, 5.74) is 1.12. The SMILES string of the molecule is CC1(C)OCC(Nc2ccc(NS(C)(=O)=O)c(Cl)c2)CO1. The topological polar surface area (TPSA) is 76.7 Å². The molecule has 118 valence electrons. The second kappa shape index (κ2) is 6.00. The van der Waals surface area contributed by atoms with Gasteiger partial charge in [-0.25, -0.2) is 8.42 Å². The van der Waals surface area contributed by atoms with Crippen LogP contribution in [0.4, 0.5) is 11.4 Å². The first-order chi connectivity index (χ1) is 9.65. The highest BCUT2D eigenvalue weighted by Crippen LogP contribution is 2.27. The molecule has 2 N–H and O–H groups in total. The fourth-order valence-corrected chi connectivity index (χ4v) is 2.76. The third kappa shape index (κ3) is 5.03. The number of anilines is 2. The van der Waals surface area contributed by atoms with Crippen molar-refractivity contribution in [2.24, 2.45) is 0 Å². The summed E-state index contributed by atoms with van der Waals surface area (Å²) >= 11 is 6.07. The van der Waals surface area contributed by atoms with E-state index in [4.69, 9.17) is 21.1 Å². The van der Waals surface area contributed by atoms with E-state index < -0.39 is 15.8 Å². The highest BCUT2D eigenvalue weighted by atomic mass is 35.5. The zero-order valence-electron chi connectivity index (χ0n) is 12.1. The van der Waals surface area contributed by atoms with E-state index in [0.29, 0.717) is 23.9 Å². The van der Waals surface area contributed by atoms with Gasteiger partial charge in [0.1, 0.15) is 0 Å². The van der Waals surface area contributed by atoms with Crippen molar-refractivity contribution < 1.29 is 17.9 Å². The predicted octanol–water partition coefficient (Wildman–Crippen LogP) is 2.27. The molecule has 1 aliphatic rings. The largest absolute Gasteiger partial charge is 0.378 e. The summed E-state index contributed by atoms with van der Waals surface area (Å²) in [5.74, 6) is -0.556. The van der Waals surface area contributed by atoms with Gasteiger partial charge in [0.05, 0.1) is 36.2 Å². The van der Waals surface area contributed by atoms with Crippen LogP contribution in [-0.4, -0.2) is 39.7 Å². The van der Waals surface area contributed by atoms with Crippen LogP contribution in [0.5, 0.6) is 0 Å². The third-order valence-corrected chi connectivity index (χ3v) is 3.80. The molecular weight excluding hydrogens is 316 g/mol. The zero-order chi connectivity index (χ0) is 15.7. The average Bonchev–Trinajstić information content (AvgIpc) is 2.34. The van der Waals surface area contributed by atoms with Gasteiger partial charge in [0.2, 0.25) is 10.0 Å². The molecular formula is C13H19ClN2O4S. The summed E-state index contributed by atoms with van der Waals surface area (Å²) in [7, 11) is -3.35. The number of rotatable bonds is 4. The maximum Gasteiger partial charge on any atom is 0.229 e. The number of hydrogen-bond donors (Lipinski definition) is 2. The molecule has 21 heavy (non-hydrogen) atoms. The molecule has 6 nitrogen and oxygen atoms in total. The van der Waals surface area contributed by atoms with Gasteiger partial charge in [-0.05, 0) is 32.0 Å². The molecule has 1 fully saturated rings. The van der Waals surface area contributed by atoms with Crippen LogP contribution in [0, 0.1) is 0 Å². The first kappa shape index (κ1) is 16.4. The number of sulfonamides is 1. The van der Waals surface area contributed by atoms with Crippen LogP contribution < -0.4 is 10.0 Å². The van der Waals surface area contributed by atoms with Gasteiger partial charge in [-0.1, -0.05) is 11.6 Å². The van der Waals surface area contributed by atoms with Gasteiger partial charge in [0.15, 0.2) is 5.79 Å². The molecule has 1 aromatic carbocycles. The van der Waals surface area contributed by atoms with Gasteiger partial charge in [0.25, 0.3) is 0 Å². The monoisotopic (exact) mass is 334 g/mol. The van der Waals surface area contributed by atoms with Gasteiger partial charge in [-0.15, -0.1) is 0 Å². The molecule has 0 aromatic heterocycles. The normalized spacial score (nSPS) is 19.2. The molecule has 0 unspecified atom stereocenters. The molecule has 0 spiro atoms.